The normalized spacial score (nSPS) is 21.7. The molecule has 0 aromatic heterocycles. The molecule has 0 spiro atoms. The van der Waals surface area contributed by atoms with Crippen molar-refractivity contribution < 1.29 is 9.16 Å². The van der Waals surface area contributed by atoms with E-state index in [0.717, 1.165) is 11.2 Å². The summed E-state index contributed by atoms with van der Waals surface area (Å²) in [6.07, 6.45) is 2.62. The molecule has 0 unspecified atom stereocenters. The van der Waals surface area contributed by atoms with Crippen molar-refractivity contribution in [3.05, 3.63) is 5.21 Å². The van der Waals surface area contributed by atoms with Crippen LogP contribution >= 0.6 is 0 Å². The summed E-state index contributed by atoms with van der Waals surface area (Å²) in [5, 5.41) is 11.2. The Hall–Kier alpha value is -0.353. The first-order valence-corrected chi connectivity index (χ1v) is 8.91. The largest absolute Gasteiger partial charge is 0.624 e. The highest BCUT2D eigenvalue weighted by molar-refractivity contribution is 6.77. The Balaban J connectivity index is 2.90. The average Bonchev–Trinajstić information content (AvgIpc) is 2.58. The second kappa shape index (κ2) is 5.53. The maximum absolute atomic E-state index is 11.2. The van der Waals surface area contributed by atoms with E-state index in [1.165, 1.54) is 0 Å². The third kappa shape index (κ3) is 2.91. The fraction of sp³-hybridized carbons (Fsp3) is 0.923. The van der Waals surface area contributed by atoms with Gasteiger partial charge in [0.2, 0.25) is 8.32 Å². The molecule has 0 aromatic rings. The summed E-state index contributed by atoms with van der Waals surface area (Å²) >= 11 is 0. The standard InChI is InChI=1S/C13H27NO2Si/c1-10(2)17(11(3)4,12(5)6)16-13-7-8-14(15)9-13/h9-13H,7-8H2,1-6H3/t13-/m0/s1. The van der Waals surface area contributed by atoms with Gasteiger partial charge in [0.25, 0.3) is 0 Å². The van der Waals surface area contributed by atoms with E-state index in [1.54, 1.807) is 6.21 Å². The molecular weight excluding hydrogens is 230 g/mol. The van der Waals surface area contributed by atoms with Crippen LogP contribution in [0.2, 0.25) is 16.6 Å². The summed E-state index contributed by atoms with van der Waals surface area (Å²) in [4.78, 5) is 0. The average molecular weight is 257 g/mol. The molecule has 0 radical (unpaired) electrons. The molecule has 0 aliphatic carbocycles. The predicted octanol–water partition coefficient (Wildman–Crippen LogP) is 3.53. The Morgan fingerprint density at radius 2 is 1.59 bits per heavy atom. The second-order valence-electron chi connectivity index (χ2n) is 6.05. The molecule has 3 nitrogen and oxygen atoms in total. The lowest BCUT2D eigenvalue weighted by atomic mass is 10.3. The van der Waals surface area contributed by atoms with Crippen LogP contribution in [-0.2, 0) is 4.43 Å². The lowest BCUT2D eigenvalue weighted by molar-refractivity contribution is -0.443. The van der Waals surface area contributed by atoms with E-state index >= 15 is 0 Å². The minimum absolute atomic E-state index is 0.0476. The third-order valence-electron chi connectivity index (χ3n) is 4.03. The molecule has 0 aromatic carbocycles. The number of hydrogen-bond acceptors (Lipinski definition) is 2. The second-order valence-corrected chi connectivity index (χ2v) is 11.5. The molecule has 1 aliphatic rings. The predicted molar refractivity (Wildman–Crippen MR) is 75.1 cm³/mol. The SMILES string of the molecule is CC(C)[Si](O[C@@H]1C=[N+]([O-])CC1)(C(C)C)C(C)C. The molecule has 1 aliphatic heterocycles. The third-order valence-corrected chi connectivity index (χ3v) is 10.2. The highest BCUT2D eigenvalue weighted by Crippen LogP contribution is 2.43. The summed E-state index contributed by atoms with van der Waals surface area (Å²) in [5.74, 6) is 0. The summed E-state index contributed by atoms with van der Waals surface area (Å²) in [6.45, 7) is 14.2. The monoisotopic (exact) mass is 257 g/mol. The van der Waals surface area contributed by atoms with Crippen LogP contribution in [-0.4, -0.2) is 31.9 Å². The zero-order chi connectivity index (χ0) is 13.2. The molecule has 0 amide bonds. The Bertz CT molecular complexity index is 265. The van der Waals surface area contributed by atoms with Crippen molar-refractivity contribution in [3.63, 3.8) is 0 Å². The van der Waals surface area contributed by atoms with Gasteiger partial charge in [0.15, 0.2) is 12.8 Å². The van der Waals surface area contributed by atoms with Crippen molar-refractivity contribution in [1.29, 1.82) is 0 Å². The molecule has 1 atom stereocenters. The number of hydrogen-bond donors (Lipinski definition) is 0. The van der Waals surface area contributed by atoms with Gasteiger partial charge in [-0.25, -0.2) is 4.74 Å². The van der Waals surface area contributed by atoms with E-state index in [0.29, 0.717) is 23.2 Å². The fourth-order valence-electron chi connectivity index (χ4n) is 3.35. The molecule has 1 rings (SSSR count). The van der Waals surface area contributed by atoms with E-state index < -0.39 is 8.32 Å². The maximum atomic E-state index is 11.2. The lowest BCUT2D eigenvalue weighted by Crippen LogP contribution is -2.50. The Morgan fingerprint density at radius 1 is 1.12 bits per heavy atom. The van der Waals surface area contributed by atoms with Crippen LogP contribution in [0.3, 0.4) is 0 Å². The highest BCUT2D eigenvalue weighted by Gasteiger charge is 2.47. The molecule has 0 saturated heterocycles. The first kappa shape index (κ1) is 14.7. The summed E-state index contributed by atoms with van der Waals surface area (Å²) < 4.78 is 7.51. The molecule has 0 bridgehead atoms. The van der Waals surface area contributed by atoms with Crippen LogP contribution in [0.5, 0.6) is 0 Å². The molecule has 1 heterocycles. The molecule has 100 valence electrons. The van der Waals surface area contributed by atoms with E-state index in [9.17, 15) is 5.21 Å². The minimum atomic E-state index is -1.82. The van der Waals surface area contributed by atoms with Crippen molar-refractivity contribution >= 4 is 14.5 Å². The van der Waals surface area contributed by atoms with Gasteiger partial charge in [0, 0.05) is 6.42 Å². The zero-order valence-electron chi connectivity index (χ0n) is 12.1. The van der Waals surface area contributed by atoms with Crippen molar-refractivity contribution in [2.75, 3.05) is 6.54 Å². The first-order chi connectivity index (χ1) is 7.80. The maximum Gasteiger partial charge on any atom is 0.201 e. The van der Waals surface area contributed by atoms with E-state index in [-0.39, 0.29) is 6.10 Å². The van der Waals surface area contributed by atoms with Gasteiger partial charge in [-0.15, -0.1) is 0 Å². The molecule has 4 heteroatoms. The molecule has 0 saturated carbocycles. The van der Waals surface area contributed by atoms with Crippen LogP contribution in [0.15, 0.2) is 0 Å². The van der Waals surface area contributed by atoms with Gasteiger partial charge >= 0.3 is 0 Å². The smallest absolute Gasteiger partial charge is 0.201 e. The summed E-state index contributed by atoms with van der Waals surface area (Å²) in [6, 6.07) is 0. The minimum Gasteiger partial charge on any atom is -0.624 e. The highest BCUT2D eigenvalue weighted by atomic mass is 28.4. The Morgan fingerprint density at radius 3 is 1.88 bits per heavy atom. The van der Waals surface area contributed by atoms with Gasteiger partial charge in [0.1, 0.15) is 6.10 Å². The summed E-state index contributed by atoms with van der Waals surface area (Å²) in [7, 11) is -1.82. The molecule has 0 N–H and O–H groups in total. The van der Waals surface area contributed by atoms with Crippen molar-refractivity contribution in [3.8, 4) is 0 Å². The van der Waals surface area contributed by atoms with Crippen LogP contribution in [0.1, 0.15) is 48.0 Å². The van der Waals surface area contributed by atoms with Crippen molar-refractivity contribution in [1.82, 2.24) is 0 Å². The van der Waals surface area contributed by atoms with Gasteiger partial charge in [-0.1, -0.05) is 41.5 Å². The zero-order valence-corrected chi connectivity index (χ0v) is 13.1. The Labute approximate surface area is 107 Å². The number of nitrogens with zero attached hydrogens (tertiary/aromatic N) is 1. The number of hydroxylamine groups is 1. The van der Waals surface area contributed by atoms with Gasteiger partial charge in [0.05, 0.1) is 0 Å². The molecule has 0 fully saturated rings. The summed E-state index contributed by atoms with van der Waals surface area (Å²) in [5.41, 5.74) is 1.74. The van der Waals surface area contributed by atoms with Crippen molar-refractivity contribution in [2.24, 2.45) is 0 Å². The van der Waals surface area contributed by atoms with Crippen LogP contribution in [0, 0.1) is 5.21 Å². The first-order valence-electron chi connectivity index (χ1n) is 6.77. The van der Waals surface area contributed by atoms with Crippen LogP contribution in [0.4, 0.5) is 0 Å². The van der Waals surface area contributed by atoms with Crippen molar-refractivity contribution in [2.45, 2.75) is 70.7 Å². The van der Waals surface area contributed by atoms with Gasteiger partial charge < -0.3 is 9.63 Å². The topological polar surface area (TPSA) is 35.3 Å². The lowest BCUT2D eigenvalue weighted by Gasteiger charge is -2.43. The van der Waals surface area contributed by atoms with Gasteiger partial charge in [-0.05, 0) is 16.6 Å². The van der Waals surface area contributed by atoms with E-state index in [2.05, 4.69) is 41.5 Å². The fourth-order valence-corrected chi connectivity index (χ4v) is 8.87. The Kier molecular flexibility index (Phi) is 4.78. The van der Waals surface area contributed by atoms with Crippen LogP contribution in [0.25, 0.3) is 0 Å². The van der Waals surface area contributed by atoms with Gasteiger partial charge in [-0.3, -0.25) is 0 Å². The quantitative estimate of drug-likeness (QED) is 0.429. The molecular formula is C13H27NO2Si. The number of rotatable bonds is 5. The van der Waals surface area contributed by atoms with E-state index in [1.807, 2.05) is 0 Å². The van der Waals surface area contributed by atoms with Gasteiger partial charge in [-0.2, -0.15) is 0 Å². The molecule has 17 heavy (non-hydrogen) atoms. The van der Waals surface area contributed by atoms with Crippen LogP contribution < -0.4 is 0 Å². The van der Waals surface area contributed by atoms with E-state index in [4.69, 9.17) is 4.43 Å².